The highest BCUT2D eigenvalue weighted by Crippen LogP contribution is 2.16. The molecule has 1 aliphatic rings. The third-order valence-electron chi connectivity index (χ3n) is 2.11. The van der Waals surface area contributed by atoms with Gasteiger partial charge in [-0.15, -0.1) is 0 Å². The highest BCUT2D eigenvalue weighted by Gasteiger charge is 2.16. The number of benzene rings is 1. The lowest BCUT2D eigenvalue weighted by Crippen LogP contribution is -2.01. The highest BCUT2D eigenvalue weighted by molar-refractivity contribution is 6.08. The Labute approximate surface area is 81.0 Å². The van der Waals surface area contributed by atoms with Crippen LogP contribution < -0.4 is 0 Å². The third-order valence-corrected chi connectivity index (χ3v) is 2.11. The van der Waals surface area contributed by atoms with Crippen LogP contribution in [0.5, 0.6) is 0 Å². The molecule has 72 valence electrons. The fraction of sp³-hybridized carbons (Fsp3) is 0.182. The van der Waals surface area contributed by atoms with Crippen molar-refractivity contribution >= 4 is 5.78 Å². The van der Waals surface area contributed by atoms with Crippen molar-refractivity contribution in [2.24, 2.45) is 0 Å². The Morgan fingerprint density at radius 3 is 2.57 bits per heavy atom. The first-order chi connectivity index (χ1) is 6.77. The number of carbonyl (C=O) groups is 1. The third kappa shape index (κ3) is 1.66. The first-order valence-corrected chi connectivity index (χ1v) is 4.38. The lowest BCUT2D eigenvalue weighted by Gasteiger charge is -1.98. The molecule has 0 saturated heterocycles. The van der Waals surface area contributed by atoms with E-state index in [-0.39, 0.29) is 11.6 Å². The van der Waals surface area contributed by atoms with Crippen LogP contribution in [0.15, 0.2) is 36.1 Å². The molecule has 0 bridgehead atoms. The summed E-state index contributed by atoms with van der Waals surface area (Å²) in [5.74, 6) is -0.416. The van der Waals surface area contributed by atoms with Crippen LogP contribution in [0.3, 0.4) is 0 Å². The van der Waals surface area contributed by atoms with Crippen LogP contribution in [0.4, 0.5) is 4.39 Å². The zero-order valence-electron chi connectivity index (χ0n) is 7.50. The predicted molar refractivity (Wildman–Crippen MR) is 49.4 cm³/mol. The van der Waals surface area contributed by atoms with Gasteiger partial charge in [-0.3, -0.25) is 4.79 Å². The van der Waals surface area contributed by atoms with E-state index in [1.165, 1.54) is 30.5 Å². The van der Waals surface area contributed by atoms with Gasteiger partial charge in [0.2, 0.25) is 0 Å². The number of ether oxygens (including phenoxy) is 1. The number of Topliss-reactive ketones (excluding diaryl/α,β-unsaturated/α-hetero) is 1. The fourth-order valence-electron chi connectivity index (χ4n) is 1.34. The number of halogens is 1. The minimum Gasteiger partial charge on any atom is -0.500 e. The van der Waals surface area contributed by atoms with Gasteiger partial charge in [-0.2, -0.15) is 0 Å². The SMILES string of the molecule is O=C(C1=COCC1)c1ccc(F)cc1. The van der Waals surface area contributed by atoms with Gasteiger partial charge in [0.05, 0.1) is 12.9 Å². The van der Waals surface area contributed by atoms with Gasteiger partial charge < -0.3 is 4.74 Å². The van der Waals surface area contributed by atoms with Crippen LogP contribution in [0.2, 0.25) is 0 Å². The van der Waals surface area contributed by atoms with E-state index in [1.54, 1.807) is 0 Å². The Balaban J connectivity index is 2.22. The molecule has 1 heterocycles. The molecule has 1 aromatic carbocycles. The molecule has 1 aliphatic heterocycles. The van der Waals surface area contributed by atoms with Crippen molar-refractivity contribution in [3.8, 4) is 0 Å². The first kappa shape index (κ1) is 8.94. The summed E-state index contributed by atoms with van der Waals surface area (Å²) in [6.45, 7) is 0.558. The molecule has 0 radical (unpaired) electrons. The van der Waals surface area contributed by atoms with Gasteiger partial charge in [0.1, 0.15) is 5.82 Å². The van der Waals surface area contributed by atoms with E-state index in [4.69, 9.17) is 4.74 Å². The van der Waals surface area contributed by atoms with Gasteiger partial charge in [-0.25, -0.2) is 4.39 Å². The number of ketones is 1. The average Bonchev–Trinajstić information content (AvgIpc) is 2.71. The minimum absolute atomic E-state index is 0.0810. The topological polar surface area (TPSA) is 26.3 Å². The summed E-state index contributed by atoms with van der Waals surface area (Å²) >= 11 is 0. The molecule has 2 nitrogen and oxygen atoms in total. The lowest BCUT2D eigenvalue weighted by atomic mass is 10.0. The van der Waals surface area contributed by atoms with Crippen molar-refractivity contribution in [1.29, 1.82) is 0 Å². The maximum Gasteiger partial charge on any atom is 0.192 e. The second-order valence-corrected chi connectivity index (χ2v) is 3.10. The van der Waals surface area contributed by atoms with E-state index in [2.05, 4.69) is 0 Å². The van der Waals surface area contributed by atoms with Crippen LogP contribution in [0, 0.1) is 5.82 Å². The van der Waals surface area contributed by atoms with Crippen LogP contribution in [-0.4, -0.2) is 12.4 Å². The Morgan fingerprint density at radius 1 is 1.29 bits per heavy atom. The van der Waals surface area contributed by atoms with Crippen molar-refractivity contribution in [3.63, 3.8) is 0 Å². The van der Waals surface area contributed by atoms with Crippen molar-refractivity contribution in [3.05, 3.63) is 47.5 Å². The molecule has 3 heteroatoms. The van der Waals surface area contributed by atoms with E-state index in [0.717, 1.165) is 0 Å². The molecule has 1 aromatic rings. The quantitative estimate of drug-likeness (QED) is 0.672. The highest BCUT2D eigenvalue weighted by atomic mass is 19.1. The van der Waals surface area contributed by atoms with E-state index in [0.29, 0.717) is 24.2 Å². The van der Waals surface area contributed by atoms with Gasteiger partial charge in [-0.1, -0.05) is 0 Å². The largest absolute Gasteiger partial charge is 0.500 e. The molecule has 0 unspecified atom stereocenters. The van der Waals surface area contributed by atoms with Crippen LogP contribution in [0.25, 0.3) is 0 Å². The zero-order valence-corrected chi connectivity index (χ0v) is 7.50. The van der Waals surface area contributed by atoms with Crippen LogP contribution >= 0.6 is 0 Å². The molecular weight excluding hydrogens is 183 g/mol. The van der Waals surface area contributed by atoms with Crippen molar-refractivity contribution < 1.29 is 13.9 Å². The molecule has 2 rings (SSSR count). The smallest absolute Gasteiger partial charge is 0.192 e. The van der Waals surface area contributed by atoms with E-state index >= 15 is 0 Å². The molecule has 0 atom stereocenters. The first-order valence-electron chi connectivity index (χ1n) is 4.38. The number of hydrogen-bond acceptors (Lipinski definition) is 2. The average molecular weight is 192 g/mol. The van der Waals surface area contributed by atoms with E-state index < -0.39 is 0 Å². The standard InChI is InChI=1S/C11H9FO2/c12-10-3-1-8(2-4-10)11(13)9-5-6-14-7-9/h1-4,7H,5-6H2. The molecule has 0 aliphatic carbocycles. The monoisotopic (exact) mass is 192 g/mol. The van der Waals surface area contributed by atoms with Crippen LogP contribution in [-0.2, 0) is 4.74 Å². The lowest BCUT2D eigenvalue weighted by molar-refractivity contribution is 0.103. The Morgan fingerprint density at radius 2 is 2.00 bits per heavy atom. The summed E-state index contributed by atoms with van der Waals surface area (Å²) in [7, 11) is 0. The molecule has 0 amide bonds. The van der Waals surface area contributed by atoms with Gasteiger partial charge in [-0.05, 0) is 24.3 Å². The van der Waals surface area contributed by atoms with Gasteiger partial charge in [0.15, 0.2) is 5.78 Å². The number of hydrogen-bond donors (Lipinski definition) is 0. The molecule has 0 spiro atoms. The van der Waals surface area contributed by atoms with Gasteiger partial charge in [0.25, 0.3) is 0 Å². The maximum absolute atomic E-state index is 12.6. The van der Waals surface area contributed by atoms with E-state index in [1.807, 2.05) is 0 Å². The van der Waals surface area contributed by atoms with Crippen LogP contribution in [0.1, 0.15) is 16.8 Å². The summed E-state index contributed by atoms with van der Waals surface area (Å²) < 4.78 is 17.5. The minimum atomic E-state index is -0.335. The summed E-state index contributed by atoms with van der Waals surface area (Å²) in [6, 6.07) is 5.53. The molecule has 14 heavy (non-hydrogen) atoms. The fourth-order valence-corrected chi connectivity index (χ4v) is 1.34. The normalized spacial score (nSPS) is 14.8. The summed E-state index contributed by atoms with van der Waals surface area (Å²) in [5, 5.41) is 0. The predicted octanol–water partition coefficient (Wildman–Crippen LogP) is 2.31. The molecule has 0 fully saturated rings. The maximum atomic E-state index is 12.6. The Kier molecular flexibility index (Phi) is 2.31. The van der Waals surface area contributed by atoms with Crippen molar-refractivity contribution in [2.75, 3.05) is 6.61 Å². The van der Waals surface area contributed by atoms with Gasteiger partial charge >= 0.3 is 0 Å². The van der Waals surface area contributed by atoms with Crippen molar-refractivity contribution in [2.45, 2.75) is 6.42 Å². The molecule has 0 N–H and O–H groups in total. The summed E-state index contributed by atoms with van der Waals surface area (Å²) in [6.07, 6.45) is 2.11. The van der Waals surface area contributed by atoms with Crippen molar-refractivity contribution in [1.82, 2.24) is 0 Å². The molecule has 0 saturated carbocycles. The number of carbonyl (C=O) groups excluding carboxylic acids is 1. The molecule has 0 aromatic heterocycles. The van der Waals surface area contributed by atoms with E-state index in [9.17, 15) is 9.18 Å². The zero-order chi connectivity index (χ0) is 9.97. The Hall–Kier alpha value is -1.64. The summed E-state index contributed by atoms with van der Waals surface area (Å²) in [5.41, 5.74) is 1.15. The Bertz CT molecular complexity index is 379. The second-order valence-electron chi connectivity index (χ2n) is 3.10. The second kappa shape index (κ2) is 3.62. The summed E-state index contributed by atoms with van der Waals surface area (Å²) in [4.78, 5) is 11.7. The molecular formula is C11H9FO2. The van der Waals surface area contributed by atoms with Gasteiger partial charge in [0, 0.05) is 17.6 Å². The number of rotatable bonds is 2.